The smallest absolute Gasteiger partial charge is 0.215 e. The average Bonchev–Trinajstić information content (AvgIpc) is 2.28. The Morgan fingerprint density at radius 3 is 2.22 bits per heavy atom. The molecule has 0 bridgehead atoms. The van der Waals surface area contributed by atoms with Crippen LogP contribution in [0.1, 0.15) is 25.3 Å². The molecule has 1 aromatic heterocycles. The van der Waals surface area contributed by atoms with Crippen LogP contribution in [0.25, 0.3) is 0 Å². The number of hydrogen-bond donors (Lipinski definition) is 0. The van der Waals surface area contributed by atoms with E-state index in [0.29, 0.717) is 10.2 Å². The van der Waals surface area contributed by atoms with E-state index in [4.69, 9.17) is 9.47 Å². The van der Waals surface area contributed by atoms with Crippen LogP contribution in [0, 0.1) is 11.9 Å². The first-order valence-corrected chi connectivity index (χ1v) is 7.05. The van der Waals surface area contributed by atoms with Crippen LogP contribution in [-0.2, 0) is 9.47 Å². The maximum Gasteiger partial charge on any atom is 0.215 e. The summed E-state index contributed by atoms with van der Waals surface area (Å²) in [4.78, 5) is 3.09. The van der Waals surface area contributed by atoms with Crippen molar-refractivity contribution in [3.05, 3.63) is 29.6 Å². The van der Waals surface area contributed by atoms with Gasteiger partial charge in [0.15, 0.2) is 0 Å². The number of aromatic nitrogens is 1. The minimum atomic E-state index is -0.833. The lowest BCUT2D eigenvalue weighted by Crippen LogP contribution is -2.29. The van der Waals surface area contributed by atoms with Crippen LogP contribution in [0.15, 0.2) is 12.1 Å². The molecule has 0 spiro atoms. The fourth-order valence-corrected chi connectivity index (χ4v) is 2.52. The summed E-state index contributed by atoms with van der Waals surface area (Å²) in [6.45, 7) is 3.70. The second kappa shape index (κ2) is 7.30. The van der Waals surface area contributed by atoms with E-state index < -0.39 is 11.9 Å². The molecule has 6 heteroatoms. The summed E-state index contributed by atoms with van der Waals surface area (Å²) in [6.07, 6.45) is -0.429. The van der Waals surface area contributed by atoms with Gasteiger partial charge in [-0.25, -0.2) is 0 Å². The second-order valence-corrected chi connectivity index (χ2v) is 4.62. The lowest BCUT2D eigenvalue weighted by molar-refractivity contribution is 0.0140. The van der Waals surface area contributed by atoms with Crippen LogP contribution in [0.2, 0.25) is 0 Å². The molecule has 0 radical (unpaired) electrons. The van der Waals surface area contributed by atoms with Gasteiger partial charge >= 0.3 is 0 Å². The van der Waals surface area contributed by atoms with Gasteiger partial charge in [0, 0.05) is 13.0 Å². The standard InChI is InChI=1S/C12H16F2INO2/c1-7(17-3)12(8(2)18-6-15)9-4-10(13)16-11(14)5-9/h4-5,7-8,12H,6H2,1-3H3. The summed E-state index contributed by atoms with van der Waals surface area (Å²) in [7, 11) is 1.56. The van der Waals surface area contributed by atoms with E-state index >= 15 is 0 Å². The zero-order valence-electron chi connectivity index (χ0n) is 10.5. The first-order valence-electron chi connectivity index (χ1n) is 5.53. The van der Waals surface area contributed by atoms with Crippen LogP contribution < -0.4 is 0 Å². The summed E-state index contributed by atoms with van der Waals surface area (Å²) in [5.41, 5.74) is 0.492. The number of nitrogens with zero attached hydrogens (tertiary/aromatic N) is 1. The second-order valence-electron chi connectivity index (χ2n) is 3.99. The largest absolute Gasteiger partial charge is 0.381 e. The van der Waals surface area contributed by atoms with Crippen LogP contribution in [0.5, 0.6) is 0 Å². The topological polar surface area (TPSA) is 31.4 Å². The highest BCUT2D eigenvalue weighted by molar-refractivity contribution is 14.1. The number of methoxy groups -OCH3 is 1. The zero-order valence-corrected chi connectivity index (χ0v) is 12.6. The lowest BCUT2D eigenvalue weighted by atomic mass is 9.90. The molecule has 0 aromatic carbocycles. The Labute approximate surface area is 119 Å². The van der Waals surface area contributed by atoms with E-state index in [1.54, 1.807) is 7.11 Å². The van der Waals surface area contributed by atoms with Crippen molar-refractivity contribution >= 4 is 22.6 Å². The molecule has 0 saturated carbocycles. The molecular formula is C12H16F2INO2. The summed E-state index contributed by atoms with van der Waals surface area (Å²) in [6, 6.07) is 2.44. The van der Waals surface area contributed by atoms with Crippen molar-refractivity contribution in [1.29, 1.82) is 0 Å². The molecular weight excluding hydrogens is 355 g/mol. The minimum Gasteiger partial charge on any atom is -0.381 e. The van der Waals surface area contributed by atoms with Gasteiger partial charge in [-0.05, 0) is 31.5 Å². The fourth-order valence-electron chi connectivity index (χ4n) is 1.95. The summed E-state index contributed by atoms with van der Waals surface area (Å²) in [5.74, 6) is -1.92. The van der Waals surface area contributed by atoms with Gasteiger partial charge in [-0.3, -0.25) is 0 Å². The molecule has 3 atom stereocenters. The number of hydrogen-bond acceptors (Lipinski definition) is 3. The van der Waals surface area contributed by atoms with Crippen LogP contribution in [0.4, 0.5) is 8.78 Å². The van der Waals surface area contributed by atoms with Crippen molar-refractivity contribution in [2.24, 2.45) is 0 Å². The molecule has 0 saturated heterocycles. The Bertz CT molecular complexity index is 372. The molecule has 102 valence electrons. The molecule has 0 N–H and O–H groups in total. The Balaban J connectivity index is 3.08. The van der Waals surface area contributed by atoms with Gasteiger partial charge in [0.1, 0.15) is 0 Å². The number of alkyl halides is 1. The summed E-state index contributed by atoms with van der Waals surface area (Å²) in [5, 5.41) is 0. The molecule has 1 heterocycles. The van der Waals surface area contributed by atoms with Gasteiger partial charge in [-0.1, -0.05) is 22.6 Å². The minimum absolute atomic E-state index is 0.210. The third-order valence-corrected chi connectivity index (χ3v) is 3.24. The fraction of sp³-hybridized carbons (Fsp3) is 0.583. The predicted molar refractivity (Wildman–Crippen MR) is 72.8 cm³/mol. The average molecular weight is 371 g/mol. The normalized spacial score (nSPS) is 16.3. The highest BCUT2D eigenvalue weighted by Gasteiger charge is 2.27. The van der Waals surface area contributed by atoms with Crippen molar-refractivity contribution in [3.63, 3.8) is 0 Å². The van der Waals surface area contributed by atoms with E-state index in [-0.39, 0.29) is 18.1 Å². The molecule has 0 aliphatic heterocycles. The predicted octanol–water partition coefficient (Wildman–Crippen LogP) is 3.28. The molecule has 0 fully saturated rings. The Hall–Kier alpha value is -0.340. The van der Waals surface area contributed by atoms with E-state index in [2.05, 4.69) is 27.6 Å². The third kappa shape index (κ3) is 4.10. The maximum absolute atomic E-state index is 13.2. The van der Waals surface area contributed by atoms with Crippen molar-refractivity contribution in [3.8, 4) is 0 Å². The van der Waals surface area contributed by atoms with Gasteiger partial charge in [-0.2, -0.15) is 13.8 Å². The zero-order chi connectivity index (χ0) is 13.7. The molecule has 1 aromatic rings. The van der Waals surface area contributed by atoms with Gasteiger partial charge in [0.05, 0.1) is 16.8 Å². The Morgan fingerprint density at radius 1 is 1.22 bits per heavy atom. The van der Waals surface area contributed by atoms with Crippen molar-refractivity contribution in [2.75, 3.05) is 11.7 Å². The molecule has 3 nitrogen and oxygen atoms in total. The van der Waals surface area contributed by atoms with Crippen LogP contribution in [0.3, 0.4) is 0 Å². The summed E-state index contributed by atoms with van der Waals surface area (Å²) < 4.78 is 37.6. The van der Waals surface area contributed by atoms with Crippen molar-refractivity contribution in [2.45, 2.75) is 32.0 Å². The molecule has 1 rings (SSSR count). The van der Waals surface area contributed by atoms with E-state index in [1.807, 2.05) is 13.8 Å². The van der Waals surface area contributed by atoms with Crippen LogP contribution >= 0.6 is 22.6 Å². The van der Waals surface area contributed by atoms with E-state index in [1.165, 1.54) is 12.1 Å². The molecule has 18 heavy (non-hydrogen) atoms. The highest BCUT2D eigenvalue weighted by Crippen LogP contribution is 2.28. The van der Waals surface area contributed by atoms with Crippen molar-refractivity contribution < 1.29 is 18.3 Å². The van der Waals surface area contributed by atoms with Gasteiger partial charge < -0.3 is 9.47 Å². The van der Waals surface area contributed by atoms with Gasteiger partial charge in [-0.15, -0.1) is 0 Å². The Kier molecular flexibility index (Phi) is 6.37. The van der Waals surface area contributed by atoms with E-state index in [0.717, 1.165) is 0 Å². The molecule has 0 aliphatic rings. The number of ether oxygens (including phenoxy) is 2. The molecule has 3 unspecified atom stereocenters. The molecule has 0 amide bonds. The molecule has 0 aliphatic carbocycles. The number of rotatable bonds is 6. The van der Waals surface area contributed by atoms with E-state index in [9.17, 15) is 8.78 Å². The lowest BCUT2D eigenvalue weighted by Gasteiger charge is -2.28. The summed E-state index contributed by atoms with van der Waals surface area (Å²) >= 11 is 2.08. The first kappa shape index (κ1) is 15.7. The quantitative estimate of drug-likeness (QED) is 0.437. The maximum atomic E-state index is 13.2. The SMILES string of the molecule is COC(C)C(c1cc(F)nc(F)c1)C(C)OCI. The number of halogens is 3. The third-order valence-electron chi connectivity index (χ3n) is 2.88. The first-order chi connectivity index (χ1) is 8.49. The Morgan fingerprint density at radius 2 is 1.78 bits per heavy atom. The highest BCUT2D eigenvalue weighted by atomic mass is 127. The van der Waals surface area contributed by atoms with Gasteiger partial charge in [0.25, 0.3) is 0 Å². The monoisotopic (exact) mass is 371 g/mol. The van der Waals surface area contributed by atoms with Crippen LogP contribution in [-0.4, -0.2) is 28.9 Å². The van der Waals surface area contributed by atoms with Crippen molar-refractivity contribution in [1.82, 2.24) is 4.98 Å². The number of pyridine rings is 1. The van der Waals surface area contributed by atoms with Gasteiger partial charge in [0.2, 0.25) is 11.9 Å².